The zero-order valence-electron chi connectivity index (χ0n) is 15.2. The van der Waals surface area contributed by atoms with Crippen LogP contribution in [0.15, 0.2) is 46.5 Å². The summed E-state index contributed by atoms with van der Waals surface area (Å²) in [6, 6.07) is 9.45. The molecule has 2 aliphatic rings. The van der Waals surface area contributed by atoms with Gasteiger partial charge in [0.25, 0.3) is 5.56 Å². The summed E-state index contributed by atoms with van der Waals surface area (Å²) < 4.78 is 6.82. The third-order valence-electron chi connectivity index (χ3n) is 5.09. The lowest BCUT2D eigenvalue weighted by Gasteiger charge is -2.38. The Morgan fingerprint density at radius 2 is 1.89 bits per heavy atom. The van der Waals surface area contributed by atoms with Gasteiger partial charge in [0.05, 0.1) is 13.0 Å². The lowest BCUT2D eigenvalue weighted by Crippen LogP contribution is -2.52. The molecule has 3 heterocycles. The van der Waals surface area contributed by atoms with E-state index in [4.69, 9.17) is 4.74 Å². The first-order valence-electron chi connectivity index (χ1n) is 9.02. The van der Waals surface area contributed by atoms with E-state index in [1.807, 2.05) is 29.2 Å². The number of carbonyl (C=O) groups is 1. The molecule has 0 radical (unpaired) electrons. The second-order valence-electron chi connectivity index (χ2n) is 6.69. The summed E-state index contributed by atoms with van der Waals surface area (Å²) in [5.41, 5.74) is 1.05. The Labute approximate surface area is 161 Å². The topological polar surface area (TPSA) is 67.7 Å². The minimum atomic E-state index is -0.170. The molecule has 0 aliphatic carbocycles. The maximum Gasteiger partial charge on any atom is 0.254 e. The van der Waals surface area contributed by atoms with Crippen molar-refractivity contribution in [3.8, 4) is 5.75 Å². The maximum absolute atomic E-state index is 12.9. The zero-order valence-corrected chi connectivity index (χ0v) is 16.0. The summed E-state index contributed by atoms with van der Waals surface area (Å²) in [7, 11) is 1.66. The molecule has 1 amide bonds. The first kappa shape index (κ1) is 17.9. The Bertz CT molecular complexity index is 875. The number of piperazine rings is 1. The molecule has 7 nitrogen and oxygen atoms in total. The van der Waals surface area contributed by atoms with Crippen LogP contribution in [-0.4, -0.2) is 59.4 Å². The molecule has 1 aromatic carbocycles. The number of carbonyl (C=O) groups excluding carboxylic acids is 1. The largest absolute Gasteiger partial charge is 0.497 e. The molecule has 1 aromatic heterocycles. The van der Waals surface area contributed by atoms with Crippen molar-refractivity contribution < 1.29 is 9.53 Å². The second-order valence-corrected chi connectivity index (χ2v) is 7.68. The van der Waals surface area contributed by atoms with Gasteiger partial charge in [0.1, 0.15) is 5.75 Å². The number of thioether (sulfide) groups is 1. The van der Waals surface area contributed by atoms with E-state index in [1.165, 1.54) is 24.0 Å². The van der Waals surface area contributed by atoms with E-state index in [1.54, 1.807) is 11.7 Å². The number of anilines is 1. The van der Waals surface area contributed by atoms with Gasteiger partial charge in [-0.15, -0.1) is 0 Å². The van der Waals surface area contributed by atoms with Gasteiger partial charge in [-0.25, -0.2) is 4.98 Å². The molecule has 8 heteroatoms. The fourth-order valence-corrected chi connectivity index (χ4v) is 4.59. The van der Waals surface area contributed by atoms with Crippen molar-refractivity contribution >= 4 is 23.4 Å². The van der Waals surface area contributed by atoms with Crippen molar-refractivity contribution in [3.63, 3.8) is 0 Å². The first-order chi connectivity index (χ1) is 13.2. The summed E-state index contributed by atoms with van der Waals surface area (Å²) >= 11 is 1.49. The van der Waals surface area contributed by atoms with Gasteiger partial charge in [-0.05, 0) is 24.3 Å². The average molecular weight is 386 g/mol. The van der Waals surface area contributed by atoms with Crippen molar-refractivity contribution in [2.24, 2.45) is 5.92 Å². The van der Waals surface area contributed by atoms with Gasteiger partial charge < -0.3 is 14.5 Å². The lowest BCUT2D eigenvalue weighted by atomic mass is 10.1. The highest BCUT2D eigenvalue weighted by molar-refractivity contribution is 7.99. The van der Waals surface area contributed by atoms with Gasteiger partial charge in [-0.1, -0.05) is 11.8 Å². The maximum atomic E-state index is 12.9. The van der Waals surface area contributed by atoms with E-state index >= 15 is 0 Å². The predicted molar refractivity (Wildman–Crippen MR) is 104 cm³/mol. The number of aromatic nitrogens is 2. The van der Waals surface area contributed by atoms with Crippen LogP contribution in [0.5, 0.6) is 5.75 Å². The van der Waals surface area contributed by atoms with Crippen LogP contribution in [0.4, 0.5) is 5.69 Å². The molecule has 2 aliphatic heterocycles. The molecule has 0 saturated carbocycles. The highest BCUT2D eigenvalue weighted by Crippen LogP contribution is 2.27. The molecule has 0 spiro atoms. The number of amides is 1. The third kappa shape index (κ3) is 3.66. The quantitative estimate of drug-likeness (QED) is 0.742. The Hall–Kier alpha value is -2.48. The fraction of sp³-hybridized carbons (Fsp3) is 0.421. The molecule has 1 saturated heterocycles. The van der Waals surface area contributed by atoms with Crippen LogP contribution in [0.2, 0.25) is 0 Å². The van der Waals surface area contributed by atoms with Crippen LogP contribution >= 0.6 is 11.8 Å². The number of benzene rings is 1. The van der Waals surface area contributed by atoms with Crippen molar-refractivity contribution in [3.05, 3.63) is 46.9 Å². The number of hydrogen-bond donors (Lipinski definition) is 0. The van der Waals surface area contributed by atoms with Gasteiger partial charge in [0, 0.05) is 56.4 Å². The van der Waals surface area contributed by atoms with Crippen LogP contribution in [-0.2, 0) is 11.3 Å². The lowest BCUT2D eigenvalue weighted by molar-refractivity contribution is -0.135. The molecule has 142 valence electrons. The van der Waals surface area contributed by atoms with Gasteiger partial charge in [-0.2, -0.15) is 0 Å². The minimum absolute atomic E-state index is 0.0886. The number of fused-ring (bicyclic) bond motifs is 1. The highest BCUT2D eigenvalue weighted by atomic mass is 32.2. The number of methoxy groups -OCH3 is 1. The van der Waals surface area contributed by atoms with Gasteiger partial charge >= 0.3 is 0 Å². The van der Waals surface area contributed by atoms with E-state index in [0.717, 1.165) is 24.5 Å². The molecule has 4 rings (SSSR count). The number of hydrogen-bond acceptors (Lipinski definition) is 6. The SMILES string of the molecule is COc1ccc(N2CCN(C(=O)C3CSc4nccc(=O)n4C3)CC2)cc1. The molecule has 1 fully saturated rings. The van der Waals surface area contributed by atoms with E-state index in [-0.39, 0.29) is 17.4 Å². The van der Waals surface area contributed by atoms with Crippen LogP contribution in [0.1, 0.15) is 0 Å². The summed E-state index contributed by atoms with van der Waals surface area (Å²) in [5.74, 6) is 1.48. The molecule has 0 bridgehead atoms. The molecular weight excluding hydrogens is 364 g/mol. The second kappa shape index (κ2) is 7.64. The van der Waals surface area contributed by atoms with E-state index in [2.05, 4.69) is 9.88 Å². The molecule has 2 aromatic rings. The molecule has 1 unspecified atom stereocenters. The van der Waals surface area contributed by atoms with Gasteiger partial charge in [0.2, 0.25) is 5.91 Å². The van der Waals surface area contributed by atoms with Crippen molar-refractivity contribution in [1.82, 2.24) is 14.5 Å². The van der Waals surface area contributed by atoms with Crippen LogP contribution in [0.3, 0.4) is 0 Å². The van der Waals surface area contributed by atoms with Crippen molar-refractivity contribution in [2.75, 3.05) is 43.9 Å². The monoisotopic (exact) mass is 386 g/mol. The smallest absolute Gasteiger partial charge is 0.254 e. The van der Waals surface area contributed by atoms with Gasteiger partial charge in [-0.3, -0.25) is 14.2 Å². The summed E-state index contributed by atoms with van der Waals surface area (Å²) in [6.45, 7) is 3.42. The predicted octanol–water partition coefficient (Wildman–Crippen LogP) is 1.32. The number of rotatable bonds is 3. The van der Waals surface area contributed by atoms with E-state index in [0.29, 0.717) is 30.5 Å². The Morgan fingerprint density at radius 1 is 1.15 bits per heavy atom. The summed E-state index contributed by atoms with van der Waals surface area (Å²) in [6.07, 6.45) is 1.53. The first-order valence-corrected chi connectivity index (χ1v) is 10.0. The average Bonchev–Trinajstić information content (AvgIpc) is 2.73. The Kier molecular flexibility index (Phi) is 5.07. The van der Waals surface area contributed by atoms with Crippen LogP contribution in [0, 0.1) is 5.92 Å². The summed E-state index contributed by atoms with van der Waals surface area (Å²) in [4.78, 5) is 33.4. The molecular formula is C19H22N4O3S. The molecule has 27 heavy (non-hydrogen) atoms. The van der Waals surface area contributed by atoms with Crippen molar-refractivity contribution in [1.29, 1.82) is 0 Å². The zero-order chi connectivity index (χ0) is 18.8. The number of ether oxygens (including phenoxy) is 1. The van der Waals surface area contributed by atoms with Crippen LogP contribution in [0.25, 0.3) is 0 Å². The number of nitrogens with zero attached hydrogens (tertiary/aromatic N) is 4. The third-order valence-corrected chi connectivity index (χ3v) is 6.25. The summed E-state index contributed by atoms with van der Waals surface area (Å²) in [5, 5.41) is 0.705. The van der Waals surface area contributed by atoms with E-state index in [9.17, 15) is 9.59 Å². The van der Waals surface area contributed by atoms with Crippen LogP contribution < -0.4 is 15.2 Å². The fourth-order valence-electron chi connectivity index (χ4n) is 3.54. The Morgan fingerprint density at radius 3 is 2.59 bits per heavy atom. The Balaban J connectivity index is 1.37. The van der Waals surface area contributed by atoms with Gasteiger partial charge in [0.15, 0.2) is 5.16 Å². The normalized spacial score (nSPS) is 19.5. The standard InChI is InChI=1S/C19H22N4O3S/c1-26-16-4-2-15(3-5-16)21-8-10-22(11-9-21)18(25)14-12-23-17(24)6-7-20-19(23)27-13-14/h2-7,14H,8-13H2,1H3. The molecule has 0 N–H and O–H groups in total. The minimum Gasteiger partial charge on any atom is -0.497 e. The highest BCUT2D eigenvalue weighted by Gasteiger charge is 2.31. The van der Waals surface area contributed by atoms with Crippen molar-refractivity contribution in [2.45, 2.75) is 11.7 Å². The molecule has 1 atom stereocenters. The van der Waals surface area contributed by atoms with E-state index < -0.39 is 0 Å².